The zero-order chi connectivity index (χ0) is 19.7. The summed E-state index contributed by atoms with van der Waals surface area (Å²) in [5, 5.41) is 3.30. The van der Waals surface area contributed by atoms with E-state index in [9.17, 15) is 4.79 Å². The van der Waals surface area contributed by atoms with E-state index in [-0.39, 0.29) is 12.0 Å². The van der Waals surface area contributed by atoms with Crippen molar-refractivity contribution in [2.75, 3.05) is 11.9 Å². The maximum atomic E-state index is 13.0. The number of ether oxygens (including phenoxy) is 1. The molecule has 0 bridgehead atoms. The first-order chi connectivity index (χ1) is 13.6. The van der Waals surface area contributed by atoms with Gasteiger partial charge in [-0.3, -0.25) is 4.57 Å². The number of esters is 1. The first kappa shape index (κ1) is 18.7. The Morgan fingerprint density at radius 3 is 2.71 bits per heavy atom. The molecule has 2 heterocycles. The van der Waals surface area contributed by atoms with Crippen molar-refractivity contribution < 1.29 is 9.53 Å². The van der Waals surface area contributed by atoms with Gasteiger partial charge >= 0.3 is 5.97 Å². The van der Waals surface area contributed by atoms with Crippen LogP contribution in [0.25, 0.3) is 11.0 Å². The highest BCUT2D eigenvalue weighted by molar-refractivity contribution is 9.10. The summed E-state index contributed by atoms with van der Waals surface area (Å²) in [6.45, 7) is 4.41. The van der Waals surface area contributed by atoms with Crippen molar-refractivity contribution in [1.29, 1.82) is 0 Å². The standard InChI is InChI=1S/C22H22BrN3O2/c1-3-4-13-28-21(27)19-14(2)24-22-25-17-7-5-6-8-18(17)26(22)20(19)15-9-11-16(23)12-10-15/h5-12,20H,3-4,13H2,1-2H3,(H,24,25). The second kappa shape index (κ2) is 7.80. The SMILES string of the molecule is CCCCOC(=O)C1=C(C)Nc2nc3ccccc3n2C1c1ccc(Br)cc1. The molecule has 4 rings (SSSR count). The van der Waals surface area contributed by atoms with Crippen molar-refractivity contribution in [2.45, 2.75) is 32.7 Å². The number of carbonyl (C=O) groups excluding carboxylic acids is 1. The Morgan fingerprint density at radius 1 is 1.21 bits per heavy atom. The number of hydrogen-bond donors (Lipinski definition) is 1. The fourth-order valence-corrected chi connectivity index (χ4v) is 3.84. The molecule has 2 aromatic carbocycles. The normalized spacial score (nSPS) is 16.0. The van der Waals surface area contributed by atoms with Crippen LogP contribution in [-0.4, -0.2) is 22.1 Å². The number of nitrogens with zero attached hydrogens (tertiary/aromatic N) is 2. The second-order valence-electron chi connectivity index (χ2n) is 6.90. The van der Waals surface area contributed by atoms with Crippen LogP contribution in [0.5, 0.6) is 0 Å². The van der Waals surface area contributed by atoms with Crippen LogP contribution in [0.1, 0.15) is 38.3 Å². The number of fused-ring (bicyclic) bond motifs is 3. The lowest BCUT2D eigenvalue weighted by atomic mass is 9.95. The summed E-state index contributed by atoms with van der Waals surface area (Å²) in [5.74, 6) is 0.450. The average Bonchev–Trinajstić information content (AvgIpc) is 3.05. The van der Waals surface area contributed by atoms with Crippen molar-refractivity contribution in [3.05, 3.63) is 69.8 Å². The van der Waals surface area contributed by atoms with Crippen LogP contribution in [0.4, 0.5) is 5.95 Å². The summed E-state index contributed by atoms with van der Waals surface area (Å²) in [6.07, 6.45) is 1.84. The summed E-state index contributed by atoms with van der Waals surface area (Å²) >= 11 is 3.50. The van der Waals surface area contributed by atoms with Crippen molar-refractivity contribution in [3.63, 3.8) is 0 Å². The van der Waals surface area contributed by atoms with Crippen LogP contribution in [0, 0.1) is 0 Å². The minimum absolute atomic E-state index is 0.283. The van der Waals surface area contributed by atoms with Gasteiger partial charge in [-0.25, -0.2) is 9.78 Å². The predicted octanol–water partition coefficient (Wildman–Crippen LogP) is 5.43. The van der Waals surface area contributed by atoms with Crippen molar-refractivity contribution in [3.8, 4) is 0 Å². The van der Waals surface area contributed by atoms with Crippen LogP contribution in [0.3, 0.4) is 0 Å². The van der Waals surface area contributed by atoms with E-state index in [1.54, 1.807) is 0 Å². The van der Waals surface area contributed by atoms with Crippen LogP contribution in [0.2, 0.25) is 0 Å². The maximum absolute atomic E-state index is 13.0. The molecule has 1 N–H and O–H groups in total. The number of para-hydroxylation sites is 2. The molecular weight excluding hydrogens is 418 g/mol. The molecular formula is C22H22BrN3O2. The van der Waals surface area contributed by atoms with Gasteiger partial charge in [-0.15, -0.1) is 0 Å². The molecule has 0 aliphatic carbocycles. The lowest BCUT2D eigenvalue weighted by Gasteiger charge is -2.30. The second-order valence-corrected chi connectivity index (χ2v) is 7.82. The largest absolute Gasteiger partial charge is 0.462 e. The highest BCUT2D eigenvalue weighted by atomic mass is 79.9. The van der Waals surface area contributed by atoms with Gasteiger partial charge < -0.3 is 10.1 Å². The van der Waals surface area contributed by atoms with Gasteiger partial charge in [-0.1, -0.05) is 53.5 Å². The van der Waals surface area contributed by atoms with E-state index in [1.165, 1.54) is 0 Å². The summed E-state index contributed by atoms with van der Waals surface area (Å²) in [5.41, 5.74) is 4.27. The van der Waals surface area contributed by atoms with Gasteiger partial charge in [-0.05, 0) is 43.2 Å². The van der Waals surface area contributed by atoms with Gasteiger partial charge in [0.25, 0.3) is 0 Å². The van der Waals surface area contributed by atoms with Gasteiger partial charge in [0, 0.05) is 10.2 Å². The first-order valence-electron chi connectivity index (χ1n) is 9.47. The Hall–Kier alpha value is -2.60. The number of rotatable bonds is 5. The van der Waals surface area contributed by atoms with Crippen LogP contribution < -0.4 is 5.32 Å². The predicted molar refractivity (Wildman–Crippen MR) is 114 cm³/mol. The van der Waals surface area contributed by atoms with E-state index in [2.05, 4.69) is 32.7 Å². The Morgan fingerprint density at radius 2 is 1.96 bits per heavy atom. The number of aromatic nitrogens is 2. The summed E-state index contributed by atoms with van der Waals surface area (Å²) in [4.78, 5) is 17.8. The van der Waals surface area contributed by atoms with Crippen LogP contribution in [-0.2, 0) is 9.53 Å². The Kier molecular flexibility index (Phi) is 5.22. The zero-order valence-corrected chi connectivity index (χ0v) is 17.5. The van der Waals surface area contributed by atoms with Gasteiger partial charge in [0.05, 0.1) is 29.3 Å². The van der Waals surface area contributed by atoms with Gasteiger partial charge in [-0.2, -0.15) is 0 Å². The fraction of sp³-hybridized carbons (Fsp3) is 0.273. The van der Waals surface area contributed by atoms with E-state index in [0.717, 1.165) is 45.6 Å². The molecule has 0 amide bonds. The molecule has 28 heavy (non-hydrogen) atoms. The van der Waals surface area contributed by atoms with Gasteiger partial charge in [0.1, 0.15) is 0 Å². The number of hydrogen-bond acceptors (Lipinski definition) is 4. The van der Waals surface area contributed by atoms with E-state index in [0.29, 0.717) is 12.2 Å². The van der Waals surface area contributed by atoms with E-state index >= 15 is 0 Å². The fourth-order valence-electron chi connectivity index (χ4n) is 3.58. The molecule has 0 fully saturated rings. The van der Waals surface area contributed by atoms with Gasteiger partial charge in [0.2, 0.25) is 5.95 Å². The van der Waals surface area contributed by atoms with Crippen molar-refractivity contribution in [1.82, 2.24) is 9.55 Å². The maximum Gasteiger partial charge on any atom is 0.338 e. The number of carbonyl (C=O) groups is 1. The number of imidazole rings is 1. The van der Waals surface area contributed by atoms with E-state index < -0.39 is 0 Å². The number of unbranched alkanes of at least 4 members (excludes halogenated alkanes) is 1. The molecule has 6 heteroatoms. The molecule has 0 radical (unpaired) electrons. The van der Waals surface area contributed by atoms with Crippen molar-refractivity contribution in [2.24, 2.45) is 0 Å². The Bertz CT molecular complexity index is 1050. The highest BCUT2D eigenvalue weighted by Crippen LogP contribution is 2.39. The molecule has 5 nitrogen and oxygen atoms in total. The summed E-state index contributed by atoms with van der Waals surface area (Å²) in [7, 11) is 0. The third-order valence-corrected chi connectivity index (χ3v) is 5.50. The topological polar surface area (TPSA) is 56.1 Å². The lowest BCUT2D eigenvalue weighted by Crippen LogP contribution is -2.29. The van der Waals surface area contributed by atoms with Gasteiger partial charge in [0.15, 0.2) is 0 Å². The molecule has 1 unspecified atom stereocenters. The summed E-state index contributed by atoms with van der Waals surface area (Å²) < 4.78 is 8.67. The number of allylic oxidation sites excluding steroid dienone is 1. The monoisotopic (exact) mass is 439 g/mol. The van der Waals surface area contributed by atoms with Crippen LogP contribution >= 0.6 is 15.9 Å². The molecule has 1 atom stereocenters. The van der Waals surface area contributed by atoms with Crippen molar-refractivity contribution >= 4 is 38.9 Å². The first-order valence-corrected chi connectivity index (χ1v) is 10.3. The van der Waals surface area contributed by atoms with E-state index in [1.807, 2.05) is 55.5 Å². The summed E-state index contributed by atoms with van der Waals surface area (Å²) in [6, 6.07) is 15.7. The molecule has 0 spiro atoms. The minimum atomic E-state index is -0.300. The zero-order valence-electron chi connectivity index (χ0n) is 15.9. The van der Waals surface area contributed by atoms with Crippen LogP contribution in [0.15, 0.2) is 64.3 Å². The quantitative estimate of drug-likeness (QED) is 0.425. The Labute approximate surface area is 172 Å². The molecule has 1 aromatic heterocycles. The number of nitrogens with one attached hydrogen (secondary N) is 1. The molecule has 144 valence electrons. The smallest absolute Gasteiger partial charge is 0.338 e. The minimum Gasteiger partial charge on any atom is -0.462 e. The number of halogens is 1. The Balaban J connectivity index is 1.86. The molecule has 0 saturated heterocycles. The number of benzene rings is 2. The van der Waals surface area contributed by atoms with E-state index in [4.69, 9.17) is 9.72 Å². The third-order valence-electron chi connectivity index (χ3n) is 4.97. The lowest BCUT2D eigenvalue weighted by molar-refractivity contribution is -0.139. The number of anilines is 1. The molecule has 0 saturated carbocycles. The highest BCUT2D eigenvalue weighted by Gasteiger charge is 2.34. The molecule has 1 aliphatic rings. The average molecular weight is 440 g/mol. The third kappa shape index (κ3) is 3.33. The molecule has 3 aromatic rings. The molecule has 1 aliphatic heterocycles.